The van der Waals surface area contributed by atoms with E-state index in [-0.39, 0.29) is 35.4 Å². The standard InChI is InChI=1S/C19H16FN7O3/c1-10-9-29-19-12(6-11(20)8-22-19)14-3-5-30-27(14)15-2-4-26-17(24-15)16(18(28)23-10)13(7-21)25-26/h2,4,6,8,10,14H,3,5,9H2,1H3,(H,23,28)/t10-,14-/m1/s1. The molecule has 0 aliphatic carbocycles. The predicted octanol–water partition coefficient (Wildman–Crippen LogP) is 1.53. The fourth-order valence-corrected chi connectivity index (χ4v) is 3.65. The Hall–Kier alpha value is -3.78. The van der Waals surface area contributed by atoms with Crippen molar-refractivity contribution in [3.8, 4) is 11.9 Å². The van der Waals surface area contributed by atoms with E-state index in [1.54, 1.807) is 24.3 Å². The van der Waals surface area contributed by atoms with Crippen molar-refractivity contribution in [3.05, 3.63) is 47.2 Å². The molecule has 5 rings (SSSR count). The number of fused-ring (bicyclic) bond motifs is 5. The van der Waals surface area contributed by atoms with Gasteiger partial charge in [0.1, 0.15) is 24.1 Å². The molecular formula is C19H16FN7O3. The molecule has 30 heavy (non-hydrogen) atoms. The lowest BCUT2D eigenvalue weighted by Crippen LogP contribution is -2.37. The number of nitrogens with one attached hydrogen (secondary N) is 1. The molecular weight excluding hydrogens is 393 g/mol. The molecule has 10 nitrogen and oxygen atoms in total. The number of hydroxylamine groups is 1. The number of aromatic nitrogens is 4. The van der Waals surface area contributed by atoms with Gasteiger partial charge in [-0.05, 0) is 13.0 Å². The molecule has 3 aromatic heterocycles. The average Bonchev–Trinajstić information content (AvgIpc) is 3.36. The maximum atomic E-state index is 14.0. The van der Waals surface area contributed by atoms with E-state index in [4.69, 9.17) is 9.57 Å². The molecule has 2 atom stereocenters. The number of nitriles is 1. The first-order chi connectivity index (χ1) is 14.5. The monoisotopic (exact) mass is 409 g/mol. The van der Waals surface area contributed by atoms with Crippen molar-refractivity contribution in [2.75, 3.05) is 18.3 Å². The minimum Gasteiger partial charge on any atom is -0.475 e. The van der Waals surface area contributed by atoms with Crippen LogP contribution >= 0.6 is 0 Å². The molecule has 0 unspecified atom stereocenters. The van der Waals surface area contributed by atoms with Crippen LogP contribution in [0.5, 0.6) is 5.88 Å². The van der Waals surface area contributed by atoms with Crippen LogP contribution in [-0.4, -0.2) is 44.7 Å². The summed E-state index contributed by atoms with van der Waals surface area (Å²) in [6.07, 6.45) is 3.25. The minimum atomic E-state index is -0.493. The van der Waals surface area contributed by atoms with Gasteiger partial charge < -0.3 is 10.1 Å². The molecule has 3 aromatic rings. The molecule has 0 radical (unpaired) electrons. The molecule has 11 heteroatoms. The number of rotatable bonds is 0. The van der Waals surface area contributed by atoms with Crippen molar-refractivity contribution in [2.45, 2.75) is 25.4 Å². The Morgan fingerprint density at radius 3 is 3.13 bits per heavy atom. The smallest absolute Gasteiger partial charge is 0.258 e. The predicted molar refractivity (Wildman–Crippen MR) is 100 cm³/mol. The number of halogens is 1. The number of hydrogen-bond donors (Lipinski definition) is 1. The highest BCUT2D eigenvalue weighted by Gasteiger charge is 2.34. The van der Waals surface area contributed by atoms with E-state index in [1.165, 1.54) is 10.6 Å². The zero-order valence-corrected chi connectivity index (χ0v) is 15.9. The van der Waals surface area contributed by atoms with Crippen molar-refractivity contribution in [1.29, 1.82) is 5.26 Å². The maximum Gasteiger partial charge on any atom is 0.258 e. The highest BCUT2D eigenvalue weighted by molar-refractivity contribution is 6.02. The van der Waals surface area contributed by atoms with Crippen LogP contribution in [0.2, 0.25) is 0 Å². The third-order valence-corrected chi connectivity index (χ3v) is 4.99. The SMILES string of the molecule is C[C@@H]1COc2ncc(F)cc2[C@H]2CCON2c2ccn3nc(C#N)c(c3n2)C(=O)N1. The highest BCUT2D eigenvalue weighted by atomic mass is 19.1. The van der Waals surface area contributed by atoms with Crippen LogP contribution in [0.1, 0.15) is 41.0 Å². The largest absolute Gasteiger partial charge is 0.475 e. The van der Waals surface area contributed by atoms with Crippen LogP contribution in [0.25, 0.3) is 5.65 Å². The zero-order chi connectivity index (χ0) is 20.8. The first kappa shape index (κ1) is 18.3. The van der Waals surface area contributed by atoms with Gasteiger partial charge in [0.25, 0.3) is 5.91 Å². The van der Waals surface area contributed by atoms with Gasteiger partial charge in [0.15, 0.2) is 17.2 Å². The second kappa shape index (κ2) is 6.93. The highest BCUT2D eigenvalue weighted by Crippen LogP contribution is 2.38. The maximum absolute atomic E-state index is 14.0. The molecule has 2 bridgehead atoms. The van der Waals surface area contributed by atoms with Gasteiger partial charge >= 0.3 is 0 Å². The summed E-state index contributed by atoms with van der Waals surface area (Å²) in [7, 11) is 0. The average molecular weight is 409 g/mol. The van der Waals surface area contributed by atoms with E-state index >= 15 is 0 Å². The van der Waals surface area contributed by atoms with Gasteiger partial charge in [0, 0.05) is 24.2 Å². The lowest BCUT2D eigenvalue weighted by atomic mass is 10.1. The number of anilines is 1. The second-order valence-corrected chi connectivity index (χ2v) is 7.09. The third-order valence-electron chi connectivity index (χ3n) is 4.99. The van der Waals surface area contributed by atoms with Crippen LogP contribution < -0.4 is 15.1 Å². The number of carbonyl (C=O) groups is 1. The van der Waals surface area contributed by atoms with Crippen molar-refractivity contribution in [1.82, 2.24) is 24.9 Å². The van der Waals surface area contributed by atoms with Crippen molar-refractivity contribution < 1.29 is 18.8 Å². The van der Waals surface area contributed by atoms with Gasteiger partial charge in [-0.2, -0.15) is 10.4 Å². The Kier molecular flexibility index (Phi) is 4.22. The molecule has 1 amide bonds. The summed E-state index contributed by atoms with van der Waals surface area (Å²) in [5.74, 6) is -0.326. The van der Waals surface area contributed by atoms with Crippen LogP contribution in [0.15, 0.2) is 24.5 Å². The van der Waals surface area contributed by atoms with E-state index in [1.807, 2.05) is 6.07 Å². The Labute approximate surface area is 169 Å². The van der Waals surface area contributed by atoms with Gasteiger partial charge in [-0.1, -0.05) is 0 Å². The quantitative estimate of drug-likeness (QED) is 0.594. The number of hydrogen-bond acceptors (Lipinski definition) is 8. The van der Waals surface area contributed by atoms with Crippen LogP contribution in [0.4, 0.5) is 10.2 Å². The molecule has 5 heterocycles. The van der Waals surface area contributed by atoms with Crippen LogP contribution in [0, 0.1) is 17.1 Å². The Morgan fingerprint density at radius 1 is 1.43 bits per heavy atom. The second-order valence-electron chi connectivity index (χ2n) is 7.09. The van der Waals surface area contributed by atoms with Crippen LogP contribution in [-0.2, 0) is 4.84 Å². The summed E-state index contributed by atoms with van der Waals surface area (Å²) in [6, 6.07) is 4.15. The molecule has 0 saturated carbocycles. The number of ether oxygens (including phenoxy) is 1. The van der Waals surface area contributed by atoms with Crippen molar-refractivity contribution in [3.63, 3.8) is 0 Å². The fourth-order valence-electron chi connectivity index (χ4n) is 3.65. The summed E-state index contributed by atoms with van der Waals surface area (Å²) >= 11 is 0. The zero-order valence-electron chi connectivity index (χ0n) is 15.9. The molecule has 2 aliphatic rings. The topological polar surface area (TPSA) is 118 Å². The molecule has 0 aromatic carbocycles. The first-order valence-electron chi connectivity index (χ1n) is 9.36. The van der Waals surface area contributed by atoms with E-state index in [9.17, 15) is 14.4 Å². The molecule has 0 spiro atoms. The molecule has 2 aliphatic heterocycles. The van der Waals surface area contributed by atoms with Gasteiger partial charge in [0.2, 0.25) is 5.88 Å². The first-order valence-corrected chi connectivity index (χ1v) is 9.36. The van der Waals surface area contributed by atoms with E-state index in [0.717, 1.165) is 6.20 Å². The number of amides is 1. The van der Waals surface area contributed by atoms with E-state index in [0.29, 0.717) is 24.4 Å². The van der Waals surface area contributed by atoms with Crippen LogP contribution in [0.3, 0.4) is 0 Å². The van der Waals surface area contributed by atoms with Gasteiger partial charge in [-0.3, -0.25) is 9.63 Å². The normalized spacial score (nSPS) is 21.0. The Bertz CT molecular complexity index is 1200. The van der Waals surface area contributed by atoms with E-state index < -0.39 is 17.8 Å². The third kappa shape index (κ3) is 2.89. The summed E-state index contributed by atoms with van der Waals surface area (Å²) in [5, 5.41) is 17.9. The molecule has 1 fully saturated rings. The number of carbonyl (C=O) groups excluding carboxylic acids is 1. The lowest BCUT2D eigenvalue weighted by Gasteiger charge is -2.25. The summed E-state index contributed by atoms with van der Waals surface area (Å²) < 4.78 is 21.2. The van der Waals surface area contributed by atoms with Gasteiger partial charge in [0.05, 0.1) is 24.9 Å². The minimum absolute atomic E-state index is 0.0361. The fraction of sp³-hybridized carbons (Fsp3) is 0.316. The van der Waals surface area contributed by atoms with E-state index in [2.05, 4.69) is 20.4 Å². The summed E-state index contributed by atoms with van der Waals surface area (Å²) in [4.78, 5) is 27.3. The number of nitrogens with zero attached hydrogens (tertiary/aromatic N) is 6. The molecule has 152 valence electrons. The van der Waals surface area contributed by atoms with Gasteiger partial charge in [-0.15, -0.1) is 0 Å². The number of pyridine rings is 1. The summed E-state index contributed by atoms with van der Waals surface area (Å²) in [6.45, 7) is 2.24. The lowest BCUT2D eigenvalue weighted by molar-refractivity contribution is 0.0927. The summed E-state index contributed by atoms with van der Waals surface area (Å²) in [5.41, 5.74) is 0.785. The molecule has 1 N–H and O–H groups in total. The van der Waals surface area contributed by atoms with Crippen molar-refractivity contribution in [2.24, 2.45) is 0 Å². The Morgan fingerprint density at radius 2 is 2.30 bits per heavy atom. The molecule has 1 saturated heterocycles. The Balaban J connectivity index is 1.72. The van der Waals surface area contributed by atoms with Gasteiger partial charge in [-0.25, -0.2) is 23.9 Å². The van der Waals surface area contributed by atoms with Crippen molar-refractivity contribution >= 4 is 17.4 Å².